The van der Waals surface area contributed by atoms with Gasteiger partial charge >= 0.3 is 0 Å². The van der Waals surface area contributed by atoms with Crippen LogP contribution in [0.25, 0.3) is 0 Å². The van der Waals surface area contributed by atoms with E-state index in [1.54, 1.807) is 6.20 Å². The largest absolute Gasteiger partial charge is 0.492 e. The molecule has 3 heteroatoms. The summed E-state index contributed by atoms with van der Waals surface area (Å²) in [6, 6.07) is 3.76. The first-order valence-electron chi connectivity index (χ1n) is 4.08. The standard InChI is InChI=1S/C9H14N2O/c1-3-12-8-4-5-9(7(2)10)11-6-8/h4-7H,3,10H2,1-2H3/t7-/m0/s1. The monoisotopic (exact) mass is 166 g/mol. The van der Waals surface area contributed by atoms with Gasteiger partial charge in [-0.1, -0.05) is 0 Å². The van der Waals surface area contributed by atoms with Gasteiger partial charge in [0.05, 0.1) is 18.5 Å². The predicted octanol–water partition coefficient (Wildman–Crippen LogP) is 1.50. The molecule has 0 fully saturated rings. The number of nitrogens with two attached hydrogens (primary N) is 1. The summed E-state index contributed by atoms with van der Waals surface area (Å²) in [5.74, 6) is 0.793. The third-order valence-corrected chi connectivity index (χ3v) is 1.54. The molecule has 0 saturated carbocycles. The van der Waals surface area contributed by atoms with Crippen LogP contribution in [0.4, 0.5) is 0 Å². The van der Waals surface area contributed by atoms with Crippen molar-refractivity contribution in [3.8, 4) is 5.75 Å². The summed E-state index contributed by atoms with van der Waals surface area (Å²) in [5, 5.41) is 0. The lowest BCUT2D eigenvalue weighted by molar-refractivity contribution is 0.338. The smallest absolute Gasteiger partial charge is 0.137 e. The summed E-state index contributed by atoms with van der Waals surface area (Å²) in [6.45, 7) is 4.52. The fourth-order valence-corrected chi connectivity index (χ4v) is 0.913. The van der Waals surface area contributed by atoms with E-state index in [9.17, 15) is 0 Å². The average Bonchev–Trinajstić information content (AvgIpc) is 2.06. The molecule has 0 aliphatic heterocycles. The first-order chi connectivity index (χ1) is 5.74. The van der Waals surface area contributed by atoms with E-state index in [2.05, 4.69) is 4.98 Å². The van der Waals surface area contributed by atoms with Crippen LogP contribution in [0, 0.1) is 0 Å². The summed E-state index contributed by atoms with van der Waals surface area (Å²) in [7, 11) is 0. The molecule has 0 spiro atoms. The lowest BCUT2D eigenvalue weighted by Gasteiger charge is -2.05. The minimum atomic E-state index is -0.0133. The second-order valence-electron chi connectivity index (χ2n) is 2.64. The van der Waals surface area contributed by atoms with Crippen LogP contribution in [0.5, 0.6) is 5.75 Å². The van der Waals surface area contributed by atoms with Crippen LogP contribution in [-0.4, -0.2) is 11.6 Å². The zero-order valence-corrected chi connectivity index (χ0v) is 7.45. The maximum Gasteiger partial charge on any atom is 0.137 e. The second kappa shape index (κ2) is 4.07. The zero-order chi connectivity index (χ0) is 8.97. The minimum Gasteiger partial charge on any atom is -0.492 e. The third-order valence-electron chi connectivity index (χ3n) is 1.54. The highest BCUT2D eigenvalue weighted by Gasteiger charge is 1.99. The van der Waals surface area contributed by atoms with Gasteiger partial charge in [-0.05, 0) is 26.0 Å². The molecule has 12 heavy (non-hydrogen) atoms. The van der Waals surface area contributed by atoms with Crippen molar-refractivity contribution in [1.82, 2.24) is 4.98 Å². The Labute approximate surface area is 72.6 Å². The Kier molecular flexibility index (Phi) is 3.05. The Balaban J connectivity index is 2.71. The fourth-order valence-electron chi connectivity index (χ4n) is 0.913. The van der Waals surface area contributed by atoms with E-state index in [4.69, 9.17) is 10.5 Å². The Morgan fingerprint density at radius 3 is 2.75 bits per heavy atom. The quantitative estimate of drug-likeness (QED) is 0.740. The van der Waals surface area contributed by atoms with Gasteiger partial charge in [-0.15, -0.1) is 0 Å². The van der Waals surface area contributed by atoms with Gasteiger partial charge in [-0.3, -0.25) is 4.98 Å². The molecule has 0 unspecified atom stereocenters. The van der Waals surface area contributed by atoms with Crippen LogP contribution in [0.2, 0.25) is 0 Å². The molecule has 0 saturated heterocycles. The number of aromatic nitrogens is 1. The van der Waals surface area contributed by atoms with E-state index in [-0.39, 0.29) is 6.04 Å². The van der Waals surface area contributed by atoms with Crippen LogP contribution in [0.1, 0.15) is 25.6 Å². The van der Waals surface area contributed by atoms with Crippen molar-refractivity contribution >= 4 is 0 Å². The molecule has 1 aromatic heterocycles. The summed E-state index contributed by atoms with van der Waals surface area (Å²) in [4.78, 5) is 4.15. The highest BCUT2D eigenvalue weighted by molar-refractivity contribution is 5.20. The number of rotatable bonds is 3. The van der Waals surface area contributed by atoms with Crippen LogP contribution in [-0.2, 0) is 0 Å². The number of pyridine rings is 1. The second-order valence-corrected chi connectivity index (χ2v) is 2.64. The first-order valence-corrected chi connectivity index (χ1v) is 4.08. The van der Waals surface area contributed by atoms with E-state index < -0.39 is 0 Å². The summed E-state index contributed by atoms with van der Waals surface area (Å²) < 4.78 is 5.24. The molecule has 0 amide bonds. The lowest BCUT2D eigenvalue weighted by atomic mass is 10.2. The Bertz CT molecular complexity index is 231. The maximum atomic E-state index is 5.63. The molecular formula is C9H14N2O. The van der Waals surface area contributed by atoms with Gasteiger partial charge in [0.15, 0.2) is 0 Å². The normalized spacial score (nSPS) is 12.6. The Hall–Kier alpha value is -1.09. The summed E-state index contributed by atoms with van der Waals surface area (Å²) >= 11 is 0. The molecule has 0 aromatic carbocycles. The summed E-state index contributed by atoms with van der Waals surface area (Å²) in [5.41, 5.74) is 6.52. The number of ether oxygens (including phenoxy) is 1. The van der Waals surface area contributed by atoms with Crippen molar-refractivity contribution in [2.24, 2.45) is 5.73 Å². The van der Waals surface area contributed by atoms with Gasteiger partial charge in [-0.25, -0.2) is 0 Å². The molecule has 1 rings (SSSR count). The fraction of sp³-hybridized carbons (Fsp3) is 0.444. The van der Waals surface area contributed by atoms with Crippen molar-refractivity contribution in [1.29, 1.82) is 0 Å². The Morgan fingerprint density at radius 1 is 1.58 bits per heavy atom. The molecule has 0 aliphatic carbocycles. The molecule has 1 aromatic rings. The minimum absolute atomic E-state index is 0.0133. The lowest BCUT2D eigenvalue weighted by Crippen LogP contribution is -2.06. The molecular weight excluding hydrogens is 152 g/mol. The maximum absolute atomic E-state index is 5.63. The van der Waals surface area contributed by atoms with Crippen LogP contribution in [0.3, 0.4) is 0 Å². The molecule has 0 bridgehead atoms. The van der Waals surface area contributed by atoms with Crippen molar-refractivity contribution < 1.29 is 4.74 Å². The van der Waals surface area contributed by atoms with Crippen LogP contribution in [0.15, 0.2) is 18.3 Å². The molecule has 1 atom stereocenters. The van der Waals surface area contributed by atoms with Crippen molar-refractivity contribution in [2.45, 2.75) is 19.9 Å². The van der Waals surface area contributed by atoms with Crippen LogP contribution >= 0.6 is 0 Å². The average molecular weight is 166 g/mol. The highest BCUT2D eigenvalue weighted by atomic mass is 16.5. The van der Waals surface area contributed by atoms with Crippen molar-refractivity contribution in [3.05, 3.63) is 24.0 Å². The molecule has 1 heterocycles. The number of hydrogen-bond acceptors (Lipinski definition) is 3. The zero-order valence-electron chi connectivity index (χ0n) is 7.45. The Morgan fingerprint density at radius 2 is 2.33 bits per heavy atom. The predicted molar refractivity (Wildman–Crippen MR) is 48.0 cm³/mol. The molecule has 0 aliphatic rings. The number of nitrogens with zero attached hydrogens (tertiary/aromatic N) is 1. The molecule has 3 nitrogen and oxygen atoms in total. The van der Waals surface area contributed by atoms with Gasteiger partial charge in [-0.2, -0.15) is 0 Å². The van der Waals surface area contributed by atoms with E-state index >= 15 is 0 Å². The van der Waals surface area contributed by atoms with E-state index in [1.807, 2.05) is 26.0 Å². The van der Waals surface area contributed by atoms with Gasteiger partial charge in [0, 0.05) is 6.04 Å². The topological polar surface area (TPSA) is 48.1 Å². The highest BCUT2D eigenvalue weighted by Crippen LogP contribution is 2.12. The third kappa shape index (κ3) is 2.20. The molecule has 2 N–H and O–H groups in total. The van der Waals surface area contributed by atoms with Gasteiger partial charge in [0.25, 0.3) is 0 Å². The van der Waals surface area contributed by atoms with Crippen molar-refractivity contribution in [3.63, 3.8) is 0 Å². The van der Waals surface area contributed by atoms with Crippen molar-refractivity contribution in [2.75, 3.05) is 6.61 Å². The summed E-state index contributed by atoms with van der Waals surface area (Å²) in [6.07, 6.45) is 1.70. The van der Waals surface area contributed by atoms with Gasteiger partial charge in [0.1, 0.15) is 5.75 Å². The number of hydrogen-bond donors (Lipinski definition) is 1. The molecule has 0 radical (unpaired) electrons. The SMILES string of the molecule is CCOc1ccc([C@H](C)N)nc1. The van der Waals surface area contributed by atoms with Gasteiger partial charge in [0.2, 0.25) is 0 Å². The van der Waals surface area contributed by atoms with E-state index in [0.29, 0.717) is 6.61 Å². The van der Waals surface area contributed by atoms with E-state index in [1.165, 1.54) is 0 Å². The van der Waals surface area contributed by atoms with Gasteiger partial charge < -0.3 is 10.5 Å². The van der Waals surface area contributed by atoms with E-state index in [0.717, 1.165) is 11.4 Å². The van der Waals surface area contributed by atoms with Crippen LogP contribution < -0.4 is 10.5 Å². The first kappa shape index (κ1) is 9.00. The molecule has 66 valence electrons.